The van der Waals surface area contributed by atoms with Crippen LogP contribution in [0.25, 0.3) is 10.7 Å². The van der Waals surface area contributed by atoms with E-state index in [-0.39, 0.29) is 5.78 Å². The van der Waals surface area contributed by atoms with Gasteiger partial charge in [0.2, 0.25) is 0 Å². The van der Waals surface area contributed by atoms with Crippen molar-refractivity contribution in [3.63, 3.8) is 0 Å². The van der Waals surface area contributed by atoms with Gasteiger partial charge in [-0.1, -0.05) is 11.8 Å². The second kappa shape index (κ2) is 4.97. The molecule has 0 bridgehead atoms. The highest BCUT2D eigenvalue weighted by Gasteiger charge is 2.12. The Hall–Kier alpha value is -1.21. The summed E-state index contributed by atoms with van der Waals surface area (Å²) >= 11 is 2.95. The molecule has 0 radical (unpaired) electrons. The van der Waals surface area contributed by atoms with Crippen molar-refractivity contribution in [3.05, 3.63) is 10.7 Å². The highest BCUT2D eigenvalue weighted by atomic mass is 32.2. The number of aromatic nitrogens is 4. The zero-order valence-electron chi connectivity index (χ0n) is 9.77. The number of thiazole rings is 1. The van der Waals surface area contributed by atoms with E-state index in [4.69, 9.17) is 0 Å². The summed E-state index contributed by atoms with van der Waals surface area (Å²) in [6.07, 6.45) is 0. The lowest BCUT2D eigenvalue weighted by Crippen LogP contribution is -1.93. The summed E-state index contributed by atoms with van der Waals surface area (Å²) in [5.41, 5.74) is 0.951. The zero-order valence-corrected chi connectivity index (χ0v) is 11.4. The first-order valence-electron chi connectivity index (χ1n) is 5.05. The summed E-state index contributed by atoms with van der Waals surface area (Å²) in [5, 5.41) is 9.74. The Bertz CT molecular complexity index is 546. The van der Waals surface area contributed by atoms with Crippen LogP contribution < -0.4 is 0 Å². The largest absolute Gasteiger partial charge is 0.315 e. The first kappa shape index (κ1) is 12.3. The SMILES string of the molecule is CC(=O)CSc1nnc(-c2sc(C)nc2C)[nH]1. The summed E-state index contributed by atoms with van der Waals surface area (Å²) < 4.78 is 0. The van der Waals surface area contributed by atoms with Crippen molar-refractivity contribution in [1.82, 2.24) is 20.2 Å². The van der Waals surface area contributed by atoms with Gasteiger partial charge in [-0.05, 0) is 20.8 Å². The van der Waals surface area contributed by atoms with E-state index in [1.807, 2.05) is 13.8 Å². The Balaban J connectivity index is 2.18. The van der Waals surface area contributed by atoms with E-state index in [1.54, 1.807) is 18.3 Å². The fraction of sp³-hybridized carbons (Fsp3) is 0.400. The number of ketones is 1. The molecule has 0 aliphatic carbocycles. The fourth-order valence-electron chi connectivity index (χ4n) is 1.33. The van der Waals surface area contributed by atoms with Gasteiger partial charge in [0.15, 0.2) is 11.0 Å². The number of carbonyl (C=O) groups is 1. The van der Waals surface area contributed by atoms with Gasteiger partial charge in [-0.2, -0.15) is 0 Å². The van der Waals surface area contributed by atoms with Gasteiger partial charge >= 0.3 is 0 Å². The normalized spacial score (nSPS) is 10.8. The van der Waals surface area contributed by atoms with E-state index in [0.29, 0.717) is 10.9 Å². The Morgan fingerprint density at radius 1 is 1.41 bits per heavy atom. The van der Waals surface area contributed by atoms with E-state index >= 15 is 0 Å². The highest BCUT2D eigenvalue weighted by molar-refractivity contribution is 7.99. The Kier molecular flexibility index (Phi) is 3.58. The number of thioether (sulfide) groups is 1. The molecule has 0 fully saturated rings. The van der Waals surface area contributed by atoms with Gasteiger partial charge in [-0.15, -0.1) is 21.5 Å². The zero-order chi connectivity index (χ0) is 12.4. The molecular weight excluding hydrogens is 256 g/mol. The van der Waals surface area contributed by atoms with Gasteiger partial charge in [0.1, 0.15) is 5.78 Å². The molecule has 0 aliphatic rings. The number of carbonyl (C=O) groups excluding carboxylic acids is 1. The standard InChI is InChI=1S/C10H12N4OS2/c1-5(15)4-16-10-12-9(13-14-10)8-6(2)11-7(3)17-8/h4H2,1-3H3,(H,12,13,14). The summed E-state index contributed by atoms with van der Waals surface area (Å²) in [7, 11) is 0. The molecule has 0 unspecified atom stereocenters. The predicted molar refractivity (Wildman–Crippen MR) is 68.4 cm³/mol. The molecular formula is C10H12N4OS2. The average molecular weight is 268 g/mol. The molecule has 7 heteroatoms. The molecule has 90 valence electrons. The van der Waals surface area contributed by atoms with Crippen molar-refractivity contribution in [2.24, 2.45) is 0 Å². The topological polar surface area (TPSA) is 71.5 Å². The van der Waals surface area contributed by atoms with Crippen molar-refractivity contribution in [3.8, 4) is 10.7 Å². The van der Waals surface area contributed by atoms with Crippen LogP contribution in [0.1, 0.15) is 17.6 Å². The van der Waals surface area contributed by atoms with Gasteiger partial charge in [0, 0.05) is 0 Å². The first-order chi connectivity index (χ1) is 8.06. The van der Waals surface area contributed by atoms with Crippen LogP contribution in [0.15, 0.2) is 5.16 Å². The monoisotopic (exact) mass is 268 g/mol. The fourth-order valence-corrected chi connectivity index (χ4v) is 2.80. The molecule has 0 saturated carbocycles. The second-order valence-corrected chi connectivity index (χ2v) is 5.78. The smallest absolute Gasteiger partial charge is 0.189 e. The van der Waals surface area contributed by atoms with Crippen molar-refractivity contribution >= 4 is 28.9 Å². The molecule has 2 heterocycles. The van der Waals surface area contributed by atoms with Gasteiger partial charge < -0.3 is 4.98 Å². The molecule has 0 aromatic carbocycles. The molecule has 17 heavy (non-hydrogen) atoms. The molecule has 0 amide bonds. The van der Waals surface area contributed by atoms with Crippen molar-refractivity contribution in [2.75, 3.05) is 5.75 Å². The number of nitrogens with zero attached hydrogens (tertiary/aromatic N) is 3. The molecule has 0 atom stereocenters. The molecule has 2 rings (SSSR count). The molecule has 0 spiro atoms. The summed E-state index contributed by atoms with van der Waals surface area (Å²) in [6.45, 7) is 5.47. The Morgan fingerprint density at radius 2 is 2.18 bits per heavy atom. The number of hydrogen-bond acceptors (Lipinski definition) is 6. The molecule has 2 aromatic rings. The van der Waals surface area contributed by atoms with Crippen LogP contribution >= 0.6 is 23.1 Å². The van der Waals surface area contributed by atoms with E-state index in [9.17, 15) is 4.79 Å². The van der Waals surface area contributed by atoms with E-state index in [2.05, 4.69) is 20.2 Å². The number of Topliss-reactive ketones (excluding diaryl/α,β-unsaturated/α-hetero) is 1. The quantitative estimate of drug-likeness (QED) is 0.861. The maximum Gasteiger partial charge on any atom is 0.189 e. The minimum Gasteiger partial charge on any atom is -0.315 e. The minimum absolute atomic E-state index is 0.123. The number of aryl methyl sites for hydroxylation is 2. The van der Waals surface area contributed by atoms with Gasteiger partial charge in [-0.3, -0.25) is 4.79 Å². The number of H-pyrrole nitrogens is 1. The van der Waals surface area contributed by atoms with Gasteiger partial charge in [-0.25, -0.2) is 4.98 Å². The van der Waals surface area contributed by atoms with Crippen molar-refractivity contribution < 1.29 is 4.79 Å². The number of hydrogen-bond donors (Lipinski definition) is 1. The van der Waals surface area contributed by atoms with Crippen LogP contribution in [0.5, 0.6) is 0 Å². The van der Waals surface area contributed by atoms with Crippen molar-refractivity contribution in [1.29, 1.82) is 0 Å². The average Bonchev–Trinajstić information content (AvgIpc) is 2.82. The van der Waals surface area contributed by atoms with Crippen LogP contribution in [0, 0.1) is 13.8 Å². The van der Waals surface area contributed by atoms with Crippen LogP contribution in [-0.2, 0) is 4.79 Å². The molecule has 5 nitrogen and oxygen atoms in total. The third-order valence-electron chi connectivity index (χ3n) is 2.00. The van der Waals surface area contributed by atoms with E-state index in [1.165, 1.54) is 11.8 Å². The molecule has 2 aromatic heterocycles. The van der Waals surface area contributed by atoms with Gasteiger partial charge in [0.25, 0.3) is 0 Å². The van der Waals surface area contributed by atoms with Crippen LogP contribution in [-0.4, -0.2) is 31.7 Å². The molecule has 0 aliphatic heterocycles. The van der Waals surface area contributed by atoms with E-state index < -0.39 is 0 Å². The third kappa shape index (κ3) is 2.92. The molecule has 1 N–H and O–H groups in total. The summed E-state index contributed by atoms with van der Waals surface area (Å²) in [6, 6.07) is 0. The summed E-state index contributed by atoms with van der Waals surface area (Å²) in [5.74, 6) is 1.26. The Labute approximate surface area is 107 Å². The van der Waals surface area contributed by atoms with Crippen LogP contribution in [0.2, 0.25) is 0 Å². The number of aromatic amines is 1. The van der Waals surface area contributed by atoms with Gasteiger partial charge in [0.05, 0.1) is 21.3 Å². The number of nitrogens with one attached hydrogen (secondary N) is 1. The van der Waals surface area contributed by atoms with Crippen LogP contribution in [0.3, 0.4) is 0 Å². The van der Waals surface area contributed by atoms with Crippen molar-refractivity contribution in [2.45, 2.75) is 25.9 Å². The van der Waals surface area contributed by atoms with Crippen LogP contribution in [0.4, 0.5) is 0 Å². The predicted octanol–water partition coefficient (Wildman–Crippen LogP) is 2.23. The second-order valence-electron chi connectivity index (χ2n) is 3.62. The lowest BCUT2D eigenvalue weighted by molar-refractivity contribution is -0.114. The molecule has 0 saturated heterocycles. The maximum absolute atomic E-state index is 10.9. The van der Waals surface area contributed by atoms with E-state index in [0.717, 1.165) is 21.4 Å². The highest BCUT2D eigenvalue weighted by Crippen LogP contribution is 2.27. The third-order valence-corrected chi connectivity index (χ3v) is 4.08. The Morgan fingerprint density at radius 3 is 2.76 bits per heavy atom. The number of rotatable bonds is 4. The lowest BCUT2D eigenvalue weighted by Gasteiger charge is -1.92. The minimum atomic E-state index is 0.123. The lowest BCUT2D eigenvalue weighted by atomic mass is 10.4. The summed E-state index contributed by atoms with van der Waals surface area (Å²) in [4.78, 5) is 19.3. The first-order valence-corrected chi connectivity index (χ1v) is 6.86. The maximum atomic E-state index is 10.9.